The van der Waals surface area contributed by atoms with Crippen LogP contribution in [0.5, 0.6) is 0 Å². The molecule has 22 heavy (non-hydrogen) atoms. The van der Waals surface area contributed by atoms with E-state index >= 15 is 0 Å². The fourth-order valence-corrected chi connectivity index (χ4v) is 4.46. The fraction of sp³-hybridized carbons (Fsp3) is 0.526. The fourth-order valence-electron chi connectivity index (χ4n) is 4.46. The number of hydrogen-bond acceptors (Lipinski definition) is 3. The summed E-state index contributed by atoms with van der Waals surface area (Å²) < 4.78 is 5.72. The van der Waals surface area contributed by atoms with Crippen molar-refractivity contribution in [2.24, 2.45) is 0 Å². The van der Waals surface area contributed by atoms with Crippen molar-refractivity contribution in [3.8, 4) is 0 Å². The summed E-state index contributed by atoms with van der Waals surface area (Å²) in [7, 11) is 0. The van der Waals surface area contributed by atoms with Crippen molar-refractivity contribution in [2.75, 3.05) is 18.0 Å². The molecule has 4 rings (SSSR count). The zero-order chi connectivity index (χ0) is 15.4. The summed E-state index contributed by atoms with van der Waals surface area (Å²) in [5.74, 6) is 0.441. The van der Waals surface area contributed by atoms with E-state index in [1.54, 1.807) is 6.07 Å². The van der Waals surface area contributed by atoms with Crippen LogP contribution in [0.3, 0.4) is 0 Å². The highest BCUT2D eigenvalue weighted by Crippen LogP contribution is 2.45. The minimum atomic E-state index is -0.219. The lowest BCUT2D eigenvalue weighted by Gasteiger charge is -2.39. The molecular formula is C19H23NO2. The van der Waals surface area contributed by atoms with Crippen LogP contribution in [0.15, 0.2) is 15.3 Å². The number of anilines is 1. The summed E-state index contributed by atoms with van der Waals surface area (Å²) in [5.41, 5.74) is 7.30. The van der Waals surface area contributed by atoms with Crippen LogP contribution in [0.25, 0.3) is 11.0 Å². The summed E-state index contributed by atoms with van der Waals surface area (Å²) in [5, 5.41) is 1.20. The predicted octanol–water partition coefficient (Wildman–Crippen LogP) is 3.92. The molecule has 0 saturated heterocycles. The van der Waals surface area contributed by atoms with Crippen molar-refractivity contribution in [2.45, 2.75) is 52.4 Å². The van der Waals surface area contributed by atoms with Crippen LogP contribution in [-0.4, -0.2) is 13.1 Å². The lowest BCUT2D eigenvalue weighted by molar-refractivity contribution is 0.546. The first-order valence-corrected chi connectivity index (χ1v) is 8.45. The predicted molar refractivity (Wildman–Crippen MR) is 90.2 cm³/mol. The van der Waals surface area contributed by atoms with Crippen molar-refractivity contribution < 1.29 is 4.42 Å². The van der Waals surface area contributed by atoms with Crippen LogP contribution in [-0.2, 0) is 12.8 Å². The average molecular weight is 297 g/mol. The van der Waals surface area contributed by atoms with Gasteiger partial charge in [-0.3, -0.25) is 0 Å². The summed E-state index contributed by atoms with van der Waals surface area (Å²) in [4.78, 5) is 14.5. The maximum absolute atomic E-state index is 11.9. The molecule has 0 N–H and O–H groups in total. The van der Waals surface area contributed by atoms with Gasteiger partial charge in [0.25, 0.3) is 0 Å². The Hall–Kier alpha value is -1.77. The number of hydrogen-bond donors (Lipinski definition) is 0. The molecular weight excluding hydrogens is 274 g/mol. The van der Waals surface area contributed by atoms with Gasteiger partial charge in [-0.1, -0.05) is 13.8 Å². The molecule has 116 valence electrons. The zero-order valence-electron chi connectivity index (χ0n) is 13.7. The van der Waals surface area contributed by atoms with Gasteiger partial charge in [0.1, 0.15) is 5.58 Å². The summed E-state index contributed by atoms with van der Waals surface area (Å²) in [6, 6.07) is 1.65. The lowest BCUT2D eigenvalue weighted by Crippen LogP contribution is -2.35. The summed E-state index contributed by atoms with van der Waals surface area (Å²) in [6.45, 7) is 8.83. The van der Waals surface area contributed by atoms with Gasteiger partial charge in [0.2, 0.25) is 0 Å². The van der Waals surface area contributed by atoms with Crippen LogP contribution < -0.4 is 10.5 Å². The van der Waals surface area contributed by atoms with E-state index in [0.29, 0.717) is 5.92 Å². The highest BCUT2D eigenvalue weighted by Gasteiger charge is 2.31. The molecule has 3 heterocycles. The molecule has 2 aromatic rings. The second-order valence-corrected chi connectivity index (χ2v) is 7.02. The van der Waals surface area contributed by atoms with E-state index in [0.717, 1.165) is 43.5 Å². The Kier molecular flexibility index (Phi) is 3.07. The Morgan fingerprint density at radius 1 is 1.14 bits per heavy atom. The Morgan fingerprint density at radius 3 is 2.50 bits per heavy atom. The molecule has 0 aliphatic carbocycles. The van der Waals surface area contributed by atoms with Gasteiger partial charge in [-0.2, -0.15) is 0 Å². The maximum atomic E-state index is 11.9. The van der Waals surface area contributed by atoms with Gasteiger partial charge >= 0.3 is 5.63 Å². The molecule has 0 atom stereocenters. The van der Waals surface area contributed by atoms with Gasteiger partial charge in [-0.05, 0) is 55.2 Å². The molecule has 0 radical (unpaired) electrons. The van der Waals surface area contributed by atoms with Gasteiger partial charge in [0.05, 0.1) is 0 Å². The molecule has 0 unspecified atom stereocenters. The highest BCUT2D eigenvalue weighted by molar-refractivity contribution is 5.94. The first-order valence-electron chi connectivity index (χ1n) is 8.45. The quantitative estimate of drug-likeness (QED) is 0.748. The molecule has 2 aliphatic rings. The first-order chi connectivity index (χ1) is 10.6. The topological polar surface area (TPSA) is 33.5 Å². The van der Waals surface area contributed by atoms with Crippen molar-refractivity contribution in [1.82, 2.24) is 0 Å². The Balaban J connectivity index is 2.22. The van der Waals surface area contributed by atoms with Crippen LogP contribution in [0, 0.1) is 6.92 Å². The van der Waals surface area contributed by atoms with Crippen LogP contribution in [0.2, 0.25) is 0 Å². The minimum Gasteiger partial charge on any atom is -0.422 e. The second kappa shape index (κ2) is 4.87. The van der Waals surface area contributed by atoms with E-state index < -0.39 is 0 Å². The smallest absolute Gasteiger partial charge is 0.336 e. The Bertz CT molecular complexity index is 815. The lowest BCUT2D eigenvalue weighted by atomic mass is 9.81. The van der Waals surface area contributed by atoms with E-state index in [1.807, 2.05) is 6.92 Å². The zero-order valence-corrected chi connectivity index (χ0v) is 13.7. The molecule has 0 amide bonds. The first kappa shape index (κ1) is 13.9. The van der Waals surface area contributed by atoms with Crippen molar-refractivity contribution >= 4 is 16.7 Å². The Labute approximate surface area is 130 Å². The second-order valence-electron chi connectivity index (χ2n) is 7.02. The monoisotopic (exact) mass is 297 g/mol. The van der Waals surface area contributed by atoms with E-state index in [4.69, 9.17) is 4.42 Å². The third-order valence-corrected chi connectivity index (χ3v) is 5.20. The van der Waals surface area contributed by atoms with Gasteiger partial charge in [0, 0.05) is 35.8 Å². The molecule has 0 spiro atoms. The molecule has 3 heteroatoms. The van der Waals surface area contributed by atoms with E-state index in [9.17, 15) is 4.79 Å². The van der Waals surface area contributed by atoms with Crippen LogP contribution in [0.1, 0.15) is 54.9 Å². The number of fused-ring (bicyclic) bond motifs is 2. The van der Waals surface area contributed by atoms with E-state index in [2.05, 4.69) is 18.7 Å². The highest BCUT2D eigenvalue weighted by atomic mass is 16.4. The average Bonchev–Trinajstić information content (AvgIpc) is 2.48. The number of benzene rings is 1. The molecule has 0 bridgehead atoms. The summed E-state index contributed by atoms with van der Waals surface area (Å²) >= 11 is 0. The normalized spacial score (nSPS) is 17.2. The molecule has 3 nitrogen and oxygen atoms in total. The molecule has 2 aliphatic heterocycles. The van der Waals surface area contributed by atoms with Gasteiger partial charge < -0.3 is 9.32 Å². The van der Waals surface area contributed by atoms with Crippen molar-refractivity contribution in [3.05, 3.63) is 38.7 Å². The van der Waals surface area contributed by atoms with E-state index in [1.165, 1.54) is 34.2 Å². The third-order valence-electron chi connectivity index (χ3n) is 5.20. The van der Waals surface area contributed by atoms with E-state index in [-0.39, 0.29) is 5.63 Å². The molecule has 0 saturated carbocycles. The molecule has 0 fully saturated rings. The van der Waals surface area contributed by atoms with Crippen molar-refractivity contribution in [1.29, 1.82) is 0 Å². The minimum absolute atomic E-state index is 0.219. The third kappa shape index (κ3) is 1.84. The molecule has 1 aromatic carbocycles. The SMILES string of the molecule is Cc1cc(=O)oc2c3c4c(c(C(C)C)c12)CCCN4CCC3. The van der Waals surface area contributed by atoms with Gasteiger partial charge in [0.15, 0.2) is 0 Å². The van der Waals surface area contributed by atoms with Crippen LogP contribution >= 0.6 is 0 Å². The summed E-state index contributed by atoms with van der Waals surface area (Å²) in [6.07, 6.45) is 4.56. The van der Waals surface area contributed by atoms with Crippen LogP contribution in [0.4, 0.5) is 5.69 Å². The molecule has 1 aromatic heterocycles. The number of nitrogens with zero attached hydrogens (tertiary/aromatic N) is 1. The number of rotatable bonds is 1. The standard InChI is InChI=1S/C19H23NO2/c1-11(2)16-13-6-4-8-20-9-5-7-14(18(13)20)19-17(16)12(3)10-15(21)22-19/h10-11H,4-9H2,1-3H3. The van der Waals surface area contributed by atoms with Gasteiger partial charge in [-0.15, -0.1) is 0 Å². The number of aryl methyl sites for hydroxylation is 2. The maximum Gasteiger partial charge on any atom is 0.336 e. The van der Waals surface area contributed by atoms with Gasteiger partial charge in [-0.25, -0.2) is 4.79 Å². The largest absolute Gasteiger partial charge is 0.422 e. The van der Waals surface area contributed by atoms with Crippen molar-refractivity contribution in [3.63, 3.8) is 0 Å². The Morgan fingerprint density at radius 2 is 1.82 bits per heavy atom.